The second-order valence-electron chi connectivity index (χ2n) is 4.18. The number of hydrogen-bond acceptors (Lipinski definition) is 3. The average molecular weight is 252 g/mol. The Bertz CT molecular complexity index is 432. The third kappa shape index (κ3) is 3.19. The van der Waals surface area contributed by atoms with Crippen LogP contribution >= 0.6 is 0 Å². The van der Waals surface area contributed by atoms with Gasteiger partial charge in [-0.3, -0.25) is 4.68 Å². The quantitative estimate of drug-likeness (QED) is 0.851. The number of carbonyl (C=O) groups is 1. The van der Waals surface area contributed by atoms with Gasteiger partial charge in [0.15, 0.2) is 5.69 Å². The molecule has 1 aromatic heterocycles. The maximum absolute atomic E-state index is 12.7. The topological polar surface area (TPSA) is 75.3 Å². The SMILES string of the molecule is CC(C)(O)Cn1ncc(C(=O)O)c1C(F)(F)F. The summed E-state index contributed by atoms with van der Waals surface area (Å²) in [6.07, 6.45) is -4.22. The van der Waals surface area contributed by atoms with Crippen LogP contribution in [0.1, 0.15) is 29.9 Å². The molecule has 0 unspecified atom stereocenters. The molecule has 0 amide bonds. The zero-order valence-electron chi connectivity index (χ0n) is 9.12. The Balaban J connectivity index is 3.29. The Morgan fingerprint density at radius 2 is 2.00 bits per heavy atom. The number of aromatic carboxylic acids is 1. The highest BCUT2D eigenvalue weighted by Gasteiger charge is 2.40. The highest BCUT2D eigenvalue weighted by Crippen LogP contribution is 2.32. The first-order chi connectivity index (χ1) is 7.52. The summed E-state index contributed by atoms with van der Waals surface area (Å²) in [5, 5.41) is 21.4. The van der Waals surface area contributed by atoms with E-state index in [0.29, 0.717) is 10.9 Å². The summed E-state index contributed by atoms with van der Waals surface area (Å²) in [5.41, 5.74) is -3.73. The molecule has 0 aliphatic rings. The highest BCUT2D eigenvalue weighted by molar-refractivity contribution is 5.88. The molecule has 1 rings (SSSR count). The third-order valence-corrected chi connectivity index (χ3v) is 1.88. The molecule has 0 aliphatic heterocycles. The van der Waals surface area contributed by atoms with Crippen molar-refractivity contribution in [2.45, 2.75) is 32.2 Å². The smallest absolute Gasteiger partial charge is 0.433 e. The van der Waals surface area contributed by atoms with Crippen LogP contribution in [-0.4, -0.2) is 31.6 Å². The lowest BCUT2D eigenvalue weighted by molar-refractivity contribution is -0.145. The predicted octanol–water partition coefficient (Wildman–Crippen LogP) is 1.37. The monoisotopic (exact) mass is 252 g/mol. The molecule has 1 aromatic rings. The molecule has 0 fully saturated rings. The summed E-state index contributed by atoms with van der Waals surface area (Å²) >= 11 is 0. The lowest BCUT2D eigenvalue weighted by Gasteiger charge is -2.19. The fourth-order valence-corrected chi connectivity index (χ4v) is 1.33. The molecule has 0 aliphatic carbocycles. The summed E-state index contributed by atoms with van der Waals surface area (Å²) in [6, 6.07) is 0. The van der Waals surface area contributed by atoms with Crippen LogP contribution < -0.4 is 0 Å². The van der Waals surface area contributed by atoms with Gasteiger partial charge in [0, 0.05) is 0 Å². The maximum Gasteiger partial charge on any atom is 0.433 e. The molecule has 0 aromatic carbocycles. The number of nitrogens with zero attached hydrogens (tertiary/aromatic N) is 2. The van der Waals surface area contributed by atoms with Gasteiger partial charge in [-0.1, -0.05) is 0 Å². The molecule has 8 heteroatoms. The van der Waals surface area contributed by atoms with Crippen molar-refractivity contribution >= 4 is 5.97 Å². The van der Waals surface area contributed by atoms with E-state index >= 15 is 0 Å². The number of carboxylic acids is 1. The molecule has 0 atom stereocenters. The van der Waals surface area contributed by atoms with E-state index in [1.54, 1.807) is 0 Å². The predicted molar refractivity (Wildman–Crippen MR) is 50.5 cm³/mol. The second kappa shape index (κ2) is 4.02. The van der Waals surface area contributed by atoms with Crippen LogP contribution in [0.2, 0.25) is 0 Å². The Kier molecular flexibility index (Phi) is 3.19. The number of rotatable bonds is 3. The van der Waals surface area contributed by atoms with Crippen LogP contribution in [0.3, 0.4) is 0 Å². The molecule has 1 heterocycles. The first kappa shape index (κ1) is 13.5. The van der Waals surface area contributed by atoms with Gasteiger partial charge in [0.1, 0.15) is 5.56 Å². The van der Waals surface area contributed by atoms with Gasteiger partial charge < -0.3 is 10.2 Å². The van der Waals surface area contributed by atoms with E-state index in [4.69, 9.17) is 5.11 Å². The van der Waals surface area contributed by atoms with Gasteiger partial charge in [-0.15, -0.1) is 0 Å². The molecule has 0 spiro atoms. The maximum atomic E-state index is 12.7. The van der Waals surface area contributed by atoms with Gasteiger partial charge in [-0.25, -0.2) is 4.79 Å². The van der Waals surface area contributed by atoms with Crippen LogP contribution in [0.15, 0.2) is 6.20 Å². The summed E-state index contributed by atoms with van der Waals surface area (Å²) in [7, 11) is 0. The van der Waals surface area contributed by atoms with E-state index < -0.39 is 35.5 Å². The number of aliphatic hydroxyl groups is 1. The molecule has 17 heavy (non-hydrogen) atoms. The van der Waals surface area contributed by atoms with Crippen LogP contribution in [0.25, 0.3) is 0 Å². The molecule has 0 saturated heterocycles. The van der Waals surface area contributed by atoms with Crippen molar-refractivity contribution in [3.05, 3.63) is 17.5 Å². The Labute approximate surface area is 94.5 Å². The number of alkyl halides is 3. The summed E-state index contributed by atoms with van der Waals surface area (Å²) < 4.78 is 38.5. The summed E-state index contributed by atoms with van der Waals surface area (Å²) in [4.78, 5) is 10.6. The zero-order chi connectivity index (χ0) is 13.4. The Morgan fingerprint density at radius 1 is 1.47 bits per heavy atom. The van der Waals surface area contributed by atoms with Gasteiger partial charge in [-0.2, -0.15) is 18.3 Å². The lowest BCUT2D eigenvalue weighted by Crippen LogP contribution is -2.30. The van der Waals surface area contributed by atoms with Gasteiger partial charge in [-0.05, 0) is 13.8 Å². The first-order valence-corrected chi connectivity index (χ1v) is 4.61. The average Bonchev–Trinajstić information content (AvgIpc) is 2.43. The number of aromatic nitrogens is 2. The van der Waals surface area contributed by atoms with Crippen molar-refractivity contribution in [1.29, 1.82) is 0 Å². The second-order valence-corrected chi connectivity index (χ2v) is 4.18. The molecular formula is C9H11F3N2O3. The minimum atomic E-state index is -4.84. The molecular weight excluding hydrogens is 241 g/mol. The summed E-state index contributed by atoms with van der Waals surface area (Å²) in [6.45, 7) is 2.15. The van der Waals surface area contributed by atoms with Crippen molar-refractivity contribution < 1.29 is 28.2 Å². The molecule has 5 nitrogen and oxygen atoms in total. The van der Waals surface area contributed by atoms with Gasteiger partial charge >= 0.3 is 12.1 Å². The molecule has 96 valence electrons. The van der Waals surface area contributed by atoms with E-state index in [-0.39, 0.29) is 0 Å². The fraction of sp³-hybridized carbons (Fsp3) is 0.556. The lowest BCUT2D eigenvalue weighted by atomic mass is 10.1. The van der Waals surface area contributed by atoms with Crippen molar-refractivity contribution in [3.63, 3.8) is 0 Å². The number of hydrogen-bond donors (Lipinski definition) is 2. The summed E-state index contributed by atoms with van der Waals surface area (Å²) in [5.74, 6) is -1.71. The van der Waals surface area contributed by atoms with Gasteiger partial charge in [0.2, 0.25) is 0 Å². The van der Waals surface area contributed by atoms with E-state index in [0.717, 1.165) is 0 Å². The van der Waals surface area contributed by atoms with Crippen LogP contribution in [0, 0.1) is 0 Å². The first-order valence-electron chi connectivity index (χ1n) is 4.61. The van der Waals surface area contributed by atoms with E-state index in [9.17, 15) is 23.1 Å². The minimum Gasteiger partial charge on any atom is -0.478 e. The van der Waals surface area contributed by atoms with Crippen molar-refractivity contribution in [3.8, 4) is 0 Å². The minimum absolute atomic E-state index is 0.448. The third-order valence-electron chi connectivity index (χ3n) is 1.88. The van der Waals surface area contributed by atoms with Gasteiger partial charge in [0.05, 0.1) is 18.3 Å². The molecule has 0 radical (unpaired) electrons. The zero-order valence-corrected chi connectivity index (χ0v) is 9.12. The van der Waals surface area contributed by atoms with E-state index in [1.807, 2.05) is 0 Å². The van der Waals surface area contributed by atoms with Crippen LogP contribution in [0.5, 0.6) is 0 Å². The van der Waals surface area contributed by atoms with Crippen molar-refractivity contribution in [2.75, 3.05) is 0 Å². The highest BCUT2D eigenvalue weighted by atomic mass is 19.4. The standard InChI is InChI=1S/C9H11F3N2O3/c1-8(2,17)4-14-6(9(10,11)12)5(3-13-14)7(15)16/h3,17H,4H2,1-2H3,(H,15,16). The molecule has 0 saturated carbocycles. The number of carboxylic acid groups (broad SMARTS) is 1. The molecule has 2 N–H and O–H groups in total. The van der Waals surface area contributed by atoms with Crippen LogP contribution in [-0.2, 0) is 12.7 Å². The van der Waals surface area contributed by atoms with Gasteiger partial charge in [0.25, 0.3) is 0 Å². The van der Waals surface area contributed by atoms with Crippen molar-refractivity contribution in [1.82, 2.24) is 9.78 Å². The normalized spacial score (nSPS) is 12.8. The Morgan fingerprint density at radius 3 is 2.35 bits per heavy atom. The molecule has 0 bridgehead atoms. The fourth-order valence-electron chi connectivity index (χ4n) is 1.33. The van der Waals surface area contributed by atoms with E-state index in [2.05, 4.69) is 5.10 Å². The van der Waals surface area contributed by atoms with Crippen LogP contribution in [0.4, 0.5) is 13.2 Å². The van der Waals surface area contributed by atoms with Crippen molar-refractivity contribution in [2.24, 2.45) is 0 Å². The Hall–Kier alpha value is -1.57. The van der Waals surface area contributed by atoms with E-state index in [1.165, 1.54) is 13.8 Å². The largest absolute Gasteiger partial charge is 0.478 e. The number of halogens is 3.